The zero-order chi connectivity index (χ0) is 21.4. The summed E-state index contributed by atoms with van der Waals surface area (Å²) in [5, 5.41) is 10.4. The second kappa shape index (κ2) is 11.2. The number of halogens is 2. The van der Waals surface area contributed by atoms with Crippen molar-refractivity contribution in [3.05, 3.63) is 29.3 Å². The number of hydrogen-bond acceptors (Lipinski definition) is 4. The first-order chi connectivity index (χ1) is 14.5. The number of amides is 2. The van der Waals surface area contributed by atoms with Gasteiger partial charge in [-0.3, -0.25) is 9.59 Å². The summed E-state index contributed by atoms with van der Waals surface area (Å²) >= 11 is 11.5. The van der Waals surface area contributed by atoms with E-state index in [0.717, 1.165) is 70.4 Å². The van der Waals surface area contributed by atoms with Crippen molar-refractivity contribution in [1.82, 2.24) is 15.5 Å². The number of anilines is 1. The van der Waals surface area contributed by atoms with E-state index in [-0.39, 0.29) is 17.7 Å². The highest BCUT2D eigenvalue weighted by Crippen LogP contribution is 2.30. The molecular formula is C22H32Cl2N4O2. The van der Waals surface area contributed by atoms with Crippen LogP contribution >= 0.6 is 23.2 Å². The van der Waals surface area contributed by atoms with Crippen LogP contribution in [0.15, 0.2) is 24.3 Å². The van der Waals surface area contributed by atoms with Crippen molar-refractivity contribution in [3.63, 3.8) is 0 Å². The number of carbonyl (C=O) groups is 2. The molecule has 0 saturated carbocycles. The third-order valence-corrected chi connectivity index (χ3v) is 6.72. The van der Waals surface area contributed by atoms with E-state index >= 15 is 0 Å². The monoisotopic (exact) mass is 454 g/mol. The van der Waals surface area contributed by atoms with Gasteiger partial charge in [-0.05, 0) is 81.8 Å². The molecule has 2 amide bonds. The Hall–Kier alpha value is -1.50. The van der Waals surface area contributed by atoms with Crippen molar-refractivity contribution in [2.45, 2.75) is 44.1 Å². The van der Waals surface area contributed by atoms with E-state index in [0.29, 0.717) is 17.5 Å². The molecule has 1 aromatic carbocycles. The Morgan fingerprint density at radius 3 is 2.43 bits per heavy atom. The van der Waals surface area contributed by atoms with Crippen molar-refractivity contribution in [2.75, 3.05) is 43.9 Å². The summed E-state index contributed by atoms with van der Waals surface area (Å²) in [4.78, 5) is 26.8. The van der Waals surface area contributed by atoms with Crippen molar-refractivity contribution < 1.29 is 9.59 Å². The zero-order valence-electron chi connectivity index (χ0n) is 17.4. The molecule has 0 aliphatic carbocycles. The summed E-state index contributed by atoms with van der Waals surface area (Å²) in [5.41, 5.74) is 0.376. The standard InChI is InChI=1S/C22H32Cl2N4O2/c23-16-20(29)26-11-1-2-17-7-14-28(15-8-17)21(30)22(9-12-25-13-10-22)27-19-5-3-18(24)4-6-19/h3-6,17,25,27H,1-2,7-16H2,(H,26,29). The van der Waals surface area contributed by atoms with E-state index in [4.69, 9.17) is 23.2 Å². The fourth-order valence-electron chi connectivity index (χ4n) is 4.45. The van der Waals surface area contributed by atoms with E-state index in [9.17, 15) is 9.59 Å². The van der Waals surface area contributed by atoms with Crippen LogP contribution in [-0.2, 0) is 9.59 Å². The van der Waals surface area contributed by atoms with Gasteiger partial charge in [0.15, 0.2) is 0 Å². The topological polar surface area (TPSA) is 73.5 Å². The summed E-state index contributed by atoms with van der Waals surface area (Å²) < 4.78 is 0. The second-order valence-corrected chi connectivity index (χ2v) is 9.03. The third-order valence-electron chi connectivity index (χ3n) is 6.23. The molecule has 0 bridgehead atoms. The van der Waals surface area contributed by atoms with Crippen LogP contribution < -0.4 is 16.0 Å². The average Bonchev–Trinajstić information content (AvgIpc) is 2.78. The lowest BCUT2D eigenvalue weighted by Gasteiger charge is -2.43. The van der Waals surface area contributed by atoms with Gasteiger partial charge in [0.2, 0.25) is 11.8 Å². The number of nitrogens with zero attached hydrogens (tertiary/aromatic N) is 1. The molecule has 2 aliphatic heterocycles. The van der Waals surface area contributed by atoms with Gasteiger partial charge in [0.05, 0.1) is 0 Å². The Balaban J connectivity index is 1.53. The Morgan fingerprint density at radius 1 is 1.13 bits per heavy atom. The third kappa shape index (κ3) is 6.25. The second-order valence-electron chi connectivity index (χ2n) is 8.33. The zero-order valence-corrected chi connectivity index (χ0v) is 18.9. The molecule has 0 spiro atoms. The molecule has 2 heterocycles. The molecule has 2 fully saturated rings. The van der Waals surface area contributed by atoms with Crippen LogP contribution in [0.3, 0.4) is 0 Å². The van der Waals surface area contributed by atoms with Crippen LogP contribution in [-0.4, -0.2) is 60.9 Å². The van der Waals surface area contributed by atoms with Gasteiger partial charge in [0.25, 0.3) is 0 Å². The largest absolute Gasteiger partial charge is 0.371 e. The smallest absolute Gasteiger partial charge is 0.248 e. The molecule has 0 unspecified atom stereocenters. The lowest BCUT2D eigenvalue weighted by molar-refractivity contribution is -0.138. The number of benzene rings is 1. The summed E-state index contributed by atoms with van der Waals surface area (Å²) in [6.07, 6.45) is 5.61. The molecule has 166 valence electrons. The number of hydrogen-bond donors (Lipinski definition) is 3. The number of likely N-dealkylation sites (tertiary alicyclic amines) is 1. The maximum absolute atomic E-state index is 13.6. The molecule has 0 atom stereocenters. The first-order valence-corrected chi connectivity index (χ1v) is 11.8. The molecule has 1 aromatic rings. The van der Waals surface area contributed by atoms with Crippen LogP contribution in [0, 0.1) is 5.92 Å². The summed E-state index contributed by atoms with van der Waals surface area (Å²) in [6, 6.07) is 7.58. The van der Waals surface area contributed by atoms with Crippen LogP contribution in [0.5, 0.6) is 0 Å². The molecule has 6 nitrogen and oxygen atoms in total. The van der Waals surface area contributed by atoms with Gasteiger partial charge in [-0.2, -0.15) is 0 Å². The summed E-state index contributed by atoms with van der Waals surface area (Å²) in [6.45, 7) is 3.93. The predicted octanol–water partition coefficient (Wildman–Crippen LogP) is 3.25. The molecular weight excluding hydrogens is 423 g/mol. The predicted molar refractivity (Wildman–Crippen MR) is 122 cm³/mol. The number of rotatable bonds is 8. The molecule has 0 aromatic heterocycles. The Kier molecular flexibility index (Phi) is 8.66. The van der Waals surface area contributed by atoms with Gasteiger partial charge in [0.1, 0.15) is 11.4 Å². The molecule has 2 aliphatic rings. The SMILES string of the molecule is O=C(CCl)NCCCC1CCN(C(=O)C2(Nc3ccc(Cl)cc3)CCNCC2)CC1. The quantitative estimate of drug-likeness (QED) is 0.416. The summed E-state index contributed by atoms with van der Waals surface area (Å²) in [5.74, 6) is 0.724. The number of nitrogens with one attached hydrogen (secondary N) is 3. The maximum Gasteiger partial charge on any atom is 0.248 e. The Bertz CT molecular complexity index is 700. The van der Waals surface area contributed by atoms with Gasteiger partial charge in [0, 0.05) is 30.3 Å². The highest BCUT2D eigenvalue weighted by Gasteiger charge is 2.42. The number of alkyl halides is 1. The minimum absolute atomic E-state index is 0.0157. The highest BCUT2D eigenvalue weighted by atomic mass is 35.5. The molecule has 3 N–H and O–H groups in total. The van der Waals surface area contributed by atoms with E-state index in [1.165, 1.54) is 0 Å². The fourth-order valence-corrected chi connectivity index (χ4v) is 4.67. The van der Waals surface area contributed by atoms with Gasteiger partial charge < -0.3 is 20.9 Å². The van der Waals surface area contributed by atoms with Crippen molar-refractivity contribution >= 4 is 40.7 Å². The minimum Gasteiger partial charge on any atom is -0.371 e. The molecule has 30 heavy (non-hydrogen) atoms. The minimum atomic E-state index is -0.558. The number of piperidine rings is 2. The van der Waals surface area contributed by atoms with Gasteiger partial charge >= 0.3 is 0 Å². The fraction of sp³-hybridized carbons (Fsp3) is 0.636. The first kappa shape index (κ1) is 23.2. The van der Waals surface area contributed by atoms with Crippen LogP contribution in [0.2, 0.25) is 5.02 Å². The normalized spacial score (nSPS) is 19.3. The summed E-state index contributed by atoms with van der Waals surface area (Å²) in [7, 11) is 0. The molecule has 2 saturated heterocycles. The lowest BCUT2D eigenvalue weighted by atomic mass is 9.84. The van der Waals surface area contributed by atoms with E-state index < -0.39 is 5.54 Å². The van der Waals surface area contributed by atoms with Crippen LogP contribution in [0.4, 0.5) is 5.69 Å². The van der Waals surface area contributed by atoms with Crippen molar-refractivity contribution in [2.24, 2.45) is 5.92 Å². The van der Waals surface area contributed by atoms with Gasteiger partial charge in [-0.15, -0.1) is 11.6 Å². The number of carbonyl (C=O) groups excluding carboxylic acids is 2. The van der Waals surface area contributed by atoms with Crippen molar-refractivity contribution in [1.29, 1.82) is 0 Å². The average molecular weight is 455 g/mol. The maximum atomic E-state index is 13.6. The van der Waals surface area contributed by atoms with E-state index in [1.807, 2.05) is 29.2 Å². The van der Waals surface area contributed by atoms with Gasteiger partial charge in [-0.25, -0.2) is 0 Å². The van der Waals surface area contributed by atoms with E-state index in [2.05, 4.69) is 16.0 Å². The van der Waals surface area contributed by atoms with E-state index in [1.54, 1.807) is 0 Å². The molecule has 3 rings (SSSR count). The van der Waals surface area contributed by atoms with Crippen molar-refractivity contribution in [3.8, 4) is 0 Å². The molecule has 0 radical (unpaired) electrons. The van der Waals surface area contributed by atoms with Crippen LogP contribution in [0.1, 0.15) is 38.5 Å². The van der Waals surface area contributed by atoms with Crippen LogP contribution in [0.25, 0.3) is 0 Å². The first-order valence-electron chi connectivity index (χ1n) is 10.9. The highest BCUT2D eigenvalue weighted by molar-refractivity contribution is 6.30. The Labute approximate surface area is 189 Å². The van der Waals surface area contributed by atoms with Gasteiger partial charge in [-0.1, -0.05) is 11.6 Å². The lowest BCUT2D eigenvalue weighted by Crippen LogP contribution is -2.59. The Morgan fingerprint density at radius 2 is 1.80 bits per heavy atom. The molecule has 8 heteroatoms.